The van der Waals surface area contributed by atoms with Crippen LogP contribution in [0.25, 0.3) is 0 Å². The number of piperidine rings is 1. The number of hydrogen-bond acceptors (Lipinski definition) is 3. The molecule has 0 aromatic rings. The highest BCUT2D eigenvalue weighted by atomic mass is 16.3. The Labute approximate surface area is 91.4 Å². The molecule has 1 rings (SSSR count). The van der Waals surface area contributed by atoms with Crippen LogP contribution in [0.4, 0.5) is 0 Å². The summed E-state index contributed by atoms with van der Waals surface area (Å²) in [7, 11) is 0. The van der Waals surface area contributed by atoms with Gasteiger partial charge in [-0.25, -0.2) is 0 Å². The van der Waals surface area contributed by atoms with E-state index in [1.807, 2.05) is 6.92 Å². The Hall–Kier alpha value is -0.610. The lowest BCUT2D eigenvalue weighted by Gasteiger charge is -2.23. The van der Waals surface area contributed by atoms with E-state index in [4.69, 9.17) is 5.11 Å². The summed E-state index contributed by atoms with van der Waals surface area (Å²) in [6.45, 7) is 4.02. The van der Waals surface area contributed by atoms with Gasteiger partial charge < -0.3 is 15.7 Å². The molecule has 0 aromatic heterocycles. The lowest BCUT2D eigenvalue weighted by Crippen LogP contribution is -2.39. The molecule has 1 aliphatic rings. The number of carbonyl (C=O) groups excluding carboxylic acids is 1. The van der Waals surface area contributed by atoms with Gasteiger partial charge in [-0.2, -0.15) is 0 Å². The molecule has 4 nitrogen and oxygen atoms in total. The maximum absolute atomic E-state index is 11.6. The smallest absolute Gasteiger partial charge is 0.220 e. The van der Waals surface area contributed by atoms with Crippen molar-refractivity contribution in [1.82, 2.24) is 10.6 Å². The van der Waals surface area contributed by atoms with Gasteiger partial charge in [-0.15, -0.1) is 0 Å². The third-order valence-electron chi connectivity index (χ3n) is 2.95. The lowest BCUT2D eigenvalue weighted by atomic mass is 9.96. The largest absolute Gasteiger partial charge is 0.394 e. The Morgan fingerprint density at radius 3 is 3.00 bits per heavy atom. The quantitative estimate of drug-likeness (QED) is 0.615. The van der Waals surface area contributed by atoms with Crippen LogP contribution in [0.5, 0.6) is 0 Å². The second-order valence-electron chi connectivity index (χ2n) is 4.27. The summed E-state index contributed by atoms with van der Waals surface area (Å²) in [6.07, 6.45) is 3.67. The van der Waals surface area contributed by atoms with Crippen LogP contribution in [0.15, 0.2) is 0 Å². The molecular formula is C11H22N2O2. The van der Waals surface area contributed by atoms with Crippen molar-refractivity contribution in [3.05, 3.63) is 0 Å². The van der Waals surface area contributed by atoms with Gasteiger partial charge >= 0.3 is 0 Å². The van der Waals surface area contributed by atoms with Crippen molar-refractivity contribution in [2.75, 3.05) is 19.7 Å². The van der Waals surface area contributed by atoms with Crippen LogP contribution < -0.4 is 10.6 Å². The number of nitrogens with one attached hydrogen (secondary N) is 2. The van der Waals surface area contributed by atoms with Crippen LogP contribution in [0, 0.1) is 5.92 Å². The number of carbonyl (C=O) groups is 1. The van der Waals surface area contributed by atoms with Gasteiger partial charge in [0.25, 0.3) is 0 Å². The van der Waals surface area contributed by atoms with Gasteiger partial charge in [0, 0.05) is 6.42 Å². The Bertz CT molecular complexity index is 187. The van der Waals surface area contributed by atoms with Gasteiger partial charge in [0.05, 0.1) is 12.6 Å². The second-order valence-corrected chi connectivity index (χ2v) is 4.27. The summed E-state index contributed by atoms with van der Waals surface area (Å²) >= 11 is 0. The first-order chi connectivity index (χ1) is 7.26. The van der Waals surface area contributed by atoms with Crippen LogP contribution in [0.2, 0.25) is 0 Å². The zero-order chi connectivity index (χ0) is 11.1. The first kappa shape index (κ1) is 12.5. The summed E-state index contributed by atoms with van der Waals surface area (Å²) in [4.78, 5) is 11.6. The summed E-state index contributed by atoms with van der Waals surface area (Å²) in [6, 6.07) is -0.0750. The molecule has 3 N–H and O–H groups in total. The van der Waals surface area contributed by atoms with Crippen molar-refractivity contribution in [2.45, 2.75) is 38.6 Å². The molecule has 1 unspecified atom stereocenters. The summed E-state index contributed by atoms with van der Waals surface area (Å²) in [5.41, 5.74) is 0. The number of amides is 1. The fraction of sp³-hybridized carbons (Fsp3) is 0.909. The van der Waals surface area contributed by atoms with Crippen LogP contribution in [0.1, 0.15) is 32.6 Å². The summed E-state index contributed by atoms with van der Waals surface area (Å²) in [5.74, 6) is 0.541. The zero-order valence-corrected chi connectivity index (χ0v) is 9.46. The van der Waals surface area contributed by atoms with Crippen molar-refractivity contribution < 1.29 is 9.90 Å². The number of aliphatic hydroxyl groups excluding tert-OH is 1. The average Bonchev–Trinajstić information content (AvgIpc) is 2.27. The molecular weight excluding hydrogens is 192 g/mol. The van der Waals surface area contributed by atoms with E-state index < -0.39 is 0 Å². The van der Waals surface area contributed by atoms with Crippen LogP contribution in [0.3, 0.4) is 0 Å². The molecule has 15 heavy (non-hydrogen) atoms. The first-order valence-electron chi connectivity index (χ1n) is 5.87. The molecule has 0 aliphatic carbocycles. The molecule has 1 saturated heterocycles. The van der Waals surface area contributed by atoms with Crippen LogP contribution >= 0.6 is 0 Å². The Kier molecular flexibility index (Phi) is 5.65. The summed E-state index contributed by atoms with van der Waals surface area (Å²) in [5, 5.41) is 15.1. The molecule has 1 fully saturated rings. The van der Waals surface area contributed by atoms with E-state index in [2.05, 4.69) is 10.6 Å². The predicted molar refractivity (Wildman–Crippen MR) is 59.5 cm³/mol. The minimum atomic E-state index is -0.0750. The molecule has 4 heteroatoms. The minimum absolute atomic E-state index is 0.0329. The fourth-order valence-corrected chi connectivity index (χ4v) is 1.92. The third kappa shape index (κ3) is 4.62. The zero-order valence-electron chi connectivity index (χ0n) is 9.46. The van der Waals surface area contributed by atoms with E-state index in [1.165, 1.54) is 0 Å². The molecule has 0 spiro atoms. The number of hydrogen-bond donors (Lipinski definition) is 3. The van der Waals surface area contributed by atoms with E-state index in [1.54, 1.807) is 0 Å². The topological polar surface area (TPSA) is 61.4 Å². The normalized spacial score (nSPS) is 23.5. The molecule has 1 amide bonds. The fourth-order valence-electron chi connectivity index (χ4n) is 1.92. The van der Waals surface area contributed by atoms with Crippen molar-refractivity contribution in [1.29, 1.82) is 0 Å². The highest BCUT2D eigenvalue weighted by Gasteiger charge is 2.17. The monoisotopic (exact) mass is 214 g/mol. The van der Waals surface area contributed by atoms with E-state index >= 15 is 0 Å². The first-order valence-corrected chi connectivity index (χ1v) is 5.87. The average molecular weight is 214 g/mol. The van der Waals surface area contributed by atoms with Crippen LogP contribution in [-0.2, 0) is 4.79 Å². The SMILES string of the molecule is CC[C@@H](CO)NC(=O)CC1CCCNC1. The van der Waals surface area contributed by atoms with Crippen LogP contribution in [-0.4, -0.2) is 36.8 Å². The Balaban J connectivity index is 2.21. The minimum Gasteiger partial charge on any atom is -0.394 e. The maximum atomic E-state index is 11.6. The van der Waals surface area contributed by atoms with Gasteiger partial charge in [-0.3, -0.25) is 4.79 Å². The van der Waals surface area contributed by atoms with Gasteiger partial charge in [0.15, 0.2) is 0 Å². The lowest BCUT2D eigenvalue weighted by molar-refractivity contribution is -0.123. The van der Waals surface area contributed by atoms with E-state index in [-0.39, 0.29) is 18.6 Å². The number of aliphatic hydroxyl groups is 1. The molecule has 1 heterocycles. The summed E-state index contributed by atoms with van der Waals surface area (Å²) < 4.78 is 0. The molecule has 0 aromatic carbocycles. The highest BCUT2D eigenvalue weighted by Crippen LogP contribution is 2.13. The van der Waals surface area contributed by atoms with Crippen molar-refractivity contribution >= 4 is 5.91 Å². The molecule has 0 radical (unpaired) electrons. The predicted octanol–water partition coefficient (Wildman–Crippen LogP) is 0.263. The van der Waals surface area contributed by atoms with Crippen molar-refractivity contribution in [2.24, 2.45) is 5.92 Å². The number of rotatable bonds is 5. The van der Waals surface area contributed by atoms with Gasteiger partial charge in [-0.05, 0) is 38.3 Å². The Morgan fingerprint density at radius 1 is 1.67 bits per heavy atom. The molecule has 2 atom stereocenters. The molecule has 0 saturated carbocycles. The maximum Gasteiger partial charge on any atom is 0.220 e. The molecule has 1 aliphatic heterocycles. The standard InChI is InChI=1S/C11H22N2O2/c1-2-10(8-14)13-11(15)6-9-4-3-5-12-7-9/h9-10,12,14H,2-8H2,1H3,(H,13,15)/t9?,10-/m0/s1. The second kappa shape index (κ2) is 6.80. The molecule has 88 valence electrons. The van der Waals surface area contributed by atoms with Gasteiger partial charge in [-0.1, -0.05) is 6.92 Å². The third-order valence-corrected chi connectivity index (χ3v) is 2.95. The van der Waals surface area contributed by atoms with Gasteiger partial charge in [0.1, 0.15) is 0 Å². The van der Waals surface area contributed by atoms with E-state index in [0.717, 1.165) is 32.4 Å². The highest BCUT2D eigenvalue weighted by molar-refractivity contribution is 5.76. The van der Waals surface area contributed by atoms with Gasteiger partial charge in [0.2, 0.25) is 5.91 Å². The Morgan fingerprint density at radius 2 is 2.47 bits per heavy atom. The molecule has 0 bridgehead atoms. The van der Waals surface area contributed by atoms with E-state index in [9.17, 15) is 4.79 Å². The van der Waals surface area contributed by atoms with Crippen molar-refractivity contribution in [3.63, 3.8) is 0 Å². The van der Waals surface area contributed by atoms with E-state index in [0.29, 0.717) is 12.3 Å². The van der Waals surface area contributed by atoms with Crippen molar-refractivity contribution in [3.8, 4) is 0 Å².